The molecule has 0 aliphatic heterocycles. The summed E-state index contributed by atoms with van der Waals surface area (Å²) in [6.45, 7) is 0. The molecule has 0 saturated carbocycles. The summed E-state index contributed by atoms with van der Waals surface area (Å²) in [7, 11) is 0. The Hall–Kier alpha value is -1.85. The molecule has 2 heteroatoms. The SMILES string of the molecule is C#CCC(N)c1nccc2ccccc12. The molecular formula is C13H12N2. The molecule has 0 aliphatic rings. The van der Waals surface area contributed by atoms with Crippen LogP contribution in [0, 0.1) is 12.3 Å². The minimum Gasteiger partial charge on any atom is -0.322 e. The van der Waals surface area contributed by atoms with Crippen LogP contribution in [0.5, 0.6) is 0 Å². The van der Waals surface area contributed by atoms with Gasteiger partial charge in [0.15, 0.2) is 0 Å². The number of benzene rings is 1. The van der Waals surface area contributed by atoms with Crippen LogP contribution in [0.25, 0.3) is 10.8 Å². The second kappa shape index (κ2) is 4.12. The van der Waals surface area contributed by atoms with Gasteiger partial charge in [0, 0.05) is 18.0 Å². The number of hydrogen-bond acceptors (Lipinski definition) is 2. The fourth-order valence-corrected chi connectivity index (χ4v) is 1.66. The van der Waals surface area contributed by atoms with Crippen LogP contribution in [-0.4, -0.2) is 4.98 Å². The Morgan fingerprint density at radius 3 is 2.93 bits per heavy atom. The summed E-state index contributed by atoms with van der Waals surface area (Å²) in [4.78, 5) is 4.30. The number of nitrogens with two attached hydrogens (primary N) is 1. The predicted molar refractivity (Wildman–Crippen MR) is 62.1 cm³/mol. The van der Waals surface area contributed by atoms with Crippen LogP contribution in [0.1, 0.15) is 18.2 Å². The molecule has 0 spiro atoms. The molecule has 2 rings (SSSR count). The largest absolute Gasteiger partial charge is 0.322 e. The molecule has 0 saturated heterocycles. The number of rotatable bonds is 2. The summed E-state index contributed by atoms with van der Waals surface area (Å²) < 4.78 is 0. The first-order valence-corrected chi connectivity index (χ1v) is 4.85. The van der Waals surface area contributed by atoms with Gasteiger partial charge >= 0.3 is 0 Å². The zero-order valence-electron chi connectivity index (χ0n) is 8.35. The number of fused-ring (bicyclic) bond motifs is 1. The van der Waals surface area contributed by atoms with Crippen LogP contribution in [0.4, 0.5) is 0 Å². The van der Waals surface area contributed by atoms with Crippen molar-refractivity contribution in [2.75, 3.05) is 0 Å². The molecule has 0 radical (unpaired) electrons. The van der Waals surface area contributed by atoms with Crippen LogP contribution < -0.4 is 5.73 Å². The highest BCUT2D eigenvalue weighted by Crippen LogP contribution is 2.21. The van der Waals surface area contributed by atoms with Gasteiger partial charge in [0.25, 0.3) is 0 Å². The molecule has 15 heavy (non-hydrogen) atoms. The minimum absolute atomic E-state index is 0.180. The summed E-state index contributed by atoms with van der Waals surface area (Å²) >= 11 is 0. The lowest BCUT2D eigenvalue weighted by Crippen LogP contribution is -2.11. The van der Waals surface area contributed by atoms with E-state index < -0.39 is 0 Å². The lowest BCUT2D eigenvalue weighted by molar-refractivity contribution is 0.734. The normalized spacial score (nSPS) is 12.3. The first-order valence-electron chi connectivity index (χ1n) is 4.85. The van der Waals surface area contributed by atoms with Gasteiger partial charge in [-0.05, 0) is 11.5 Å². The Morgan fingerprint density at radius 2 is 2.13 bits per heavy atom. The van der Waals surface area contributed by atoms with Crippen molar-refractivity contribution in [3.8, 4) is 12.3 Å². The molecule has 0 fully saturated rings. The van der Waals surface area contributed by atoms with E-state index in [1.807, 2.05) is 30.3 Å². The van der Waals surface area contributed by atoms with Crippen LogP contribution in [0.2, 0.25) is 0 Å². The number of terminal acetylenes is 1. The second-order valence-corrected chi connectivity index (χ2v) is 3.43. The molecule has 74 valence electrons. The van der Waals surface area contributed by atoms with Crippen molar-refractivity contribution in [3.63, 3.8) is 0 Å². The molecule has 1 heterocycles. The third-order valence-corrected chi connectivity index (χ3v) is 2.39. The highest BCUT2D eigenvalue weighted by atomic mass is 14.8. The summed E-state index contributed by atoms with van der Waals surface area (Å²) in [5.74, 6) is 2.57. The Balaban J connectivity index is 2.56. The molecular weight excluding hydrogens is 184 g/mol. The van der Waals surface area contributed by atoms with E-state index in [9.17, 15) is 0 Å². The summed E-state index contributed by atoms with van der Waals surface area (Å²) in [5, 5.41) is 2.23. The molecule has 2 nitrogen and oxygen atoms in total. The van der Waals surface area contributed by atoms with E-state index >= 15 is 0 Å². The number of hydrogen-bond donors (Lipinski definition) is 1. The smallest absolute Gasteiger partial charge is 0.0658 e. The van der Waals surface area contributed by atoms with Crippen molar-refractivity contribution in [2.45, 2.75) is 12.5 Å². The van der Waals surface area contributed by atoms with Crippen molar-refractivity contribution in [1.82, 2.24) is 4.98 Å². The topological polar surface area (TPSA) is 38.9 Å². The molecule has 0 aliphatic carbocycles. The molecule has 1 atom stereocenters. The first-order chi connectivity index (χ1) is 7.33. The van der Waals surface area contributed by atoms with Gasteiger partial charge in [-0.3, -0.25) is 4.98 Å². The maximum absolute atomic E-state index is 5.97. The Kier molecular flexibility index (Phi) is 2.66. The molecule has 0 amide bonds. The van der Waals surface area contributed by atoms with Crippen LogP contribution in [0.3, 0.4) is 0 Å². The van der Waals surface area contributed by atoms with Crippen molar-refractivity contribution < 1.29 is 0 Å². The maximum Gasteiger partial charge on any atom is 0.0658 e. The zero-order chi connectivity index (χ0) is 10.7. The fourth-order valence-electron chi connectivity index (χ4n) is 1.66. The fraction of sp³-hybridized carbons (Fsp3) is 0.154. The third-order valence-electron chi connectivity index (χ3n) is 2.39. The van der Waals surface area contributed by atoms with Gasteiger partial charge in [0.1, 0.15) is 0 Å². The first kappa shape index (κ1) is 9.70. The van der Waals surface area contributed by atoms with Gasteiger partial charge in [-0.1, -0.05) is 24.3 Å². The van der Waals surface area contributed by atoms with Crippen molar-refractivity contribution in [3.05, 3.63) is 42.2 Å². The van der Waals surface area contributed by atoms with Crippen LogP contribution in [-0.2, 0) is 0 Å². The van der Waals surface area contributed by atoms with E-state index in [-0.39, 0.29) is 6.04 Å². The van der Waals surface area contributed by atoms with Crippen LogP contribution in [0.15, 0.2) is 36.5 Å². The van der Waals surface area contributed by atoms with Crippen molar-refractivity contribution in [1.29, 1.82) is 0 Å². The Morgan fingerprint density at radius 1 is 1.33 bits per heavy atom. The summed E-state index contributed by atoms with van der Waals surface area (Å²) in [6, 6.07) is 9.84. The quantitative estimate of drug-likeness (QED) is 0.748. The van der Waals surface area contributed by atoms with Crippen molar-refractivity contribution >= 4 is 10.8 Å². The molecule has 2 N–H and O–H groups in total. The van der Waals surface area contributed by atoms with Gasteiger partial charge in [0.05, 0.1) is 11.7 Å². The summed E-state index contributed by atoms with van der Waals surface area (Å²) in [6.07, 6.45) is 7.54. The van der Waals surface area contributed by atoms with Gasteiger partial charge in [-0.15, -0.1) is 12.3 Å². The minimum atomic E-state index is -0.180. The van der Waals surface area contributed by atoms with E-state index in [2.05, 4.69) is 10.9 Å². The highest BCUT2D eigenvalue weighted by molar-refractivity contribution is 5.84. The number of nitrogens with zero attached hydrogens (tertiary/aromatic N) is 1. The number of aromatic nitrogens is 1. The zero-order valence-corrected chi connectivity index (χ0v) is 8.35. The molecule has 2 aromatic rings. The van der Waals surface area contributed by atoms with E-state index in [1.54, 1.807) is 6.20 Å². The molecule has 1 aromatic heterocycles. The van der Waals surface area contributed by atoms with Crippen molar-refractivity contribution in [2.24, 2.45) is 5.73 Å². The molecule has 0 bridgehead atoms. The second-order valence-electron chi connectivity index (χ2n) is 3.43. The molecule has 1 aromatic carbocycles. The third kappa shape index (κ3) is 1.83. The number of pyridine rings is 1. The Bertz CT molecular complexity index is 506. The van der Waals surface area contributed by atoms with Gasteiger partial charge in [-0.25, -0.2) is 0 Å². The average molecular weight is 196 g/mol. The van der Waals surface area contributed by atoms with Gasteiger partial charge in [0.2, 0.25) is 0 Å². The lowest BCUT2D eigenvalue weighted by Gasteiger charge is -2.10. The average Bonchev–Trinajstić information content (AvgIpc) is 2.28. The van der Waals surface area contributed by atoms with Gasteiger partial charge < -0.3 is 5.73 Å². The maximum atomic E-state index is 5.97. The molecule has 1 unspecified atom stereocenters. The summed E-state index contributed by atoms with van der Waals surface area (Å²) in [5.41, 5.74) is 6.85. The van der Waals surface area contributed by atoms with E-state index in [0.29, 0.717) is 6.42 Å². The predicted octanol–water partition coefficient (Wildman–Crippen LogP) is 2.26. The van der Waals surface area contributed by atoms with E-state index in [1.165, 1.54) is 0 Å². The highest BCUT2D eigenvalue weighted by Gasteiger charge is 2.09. The monoisotopic (exact) mass is 196 g/mol. The Labute approximate surface area is 89.1 Å². The van der Waals surface area contributed by atoms with Crippen LogP contribution >= 0.6 is 0 Å². The lowest BCUT2D eigenvalue weighted by atomic mass is 10.0. The van der Waals surface area contributed by atoms with E-state index in [0.717, 1.165) is 16.5 Å². The van der Waals surface area contributed by atoms with Gasteiger partial charge in [-0.2, -0.15) is 0 Å². The standard InChI is InChI=1S/C13H12N2/c1-2-5-12(14)13-11-7-4-3-6-10(11)8-9-15-13/h1,3-4,6-9,12H,5,14H2. The van der Waals surface area contributed by atoms with E-state index in [4.69, 9.17) is 12.2 Å².